The lowest BCUT2D eigenvalue weighted by atomic mass is 10.1. The number of hydrogen-bond donors (Lipinski definition) is 3. The SMILES string of the molecule is CCC(CNC(=O)Nc1ccccc1C#N)C(=O)O. The Hall–Kier alpha value is -2.55. The van der Waals surface area contributed by atoms with E-state index in [-0.39, 0.29) is 6.54 Å². The van der Waals surface area contributed by atoms with Crippen LogP contribution in [-0.4, -0.2) is 23.7 Å². The summed E-state index contributed by atoms with van der Waals surface area (Å²) in [6.07, 6.45) is 0.435. The molecule has 0 fully saturated rings. The summed E-state index contributed by atoms with van der Waals surface area (Å²) >= 11 is 0. The van der Waals surface area contributed by atoms with Crippen LogP contribution in [0.5, 0.6) is 0 Å². The number of nitriles is 1. The van der Waals surface area contributed by atoms with E-state index in [4.69, 9.17) is 10.4 Å². The molecule has 0 aliphatic heterocycles. The maximum atomic E-state index is 11.6. The zero-order chi connectivity index (χ0) is 14.3. The molecule has 0 aliphatic rings. The van der Waals surface area contributed by atoms with Gasteiger partial charge in [-0.2, -0.15) is 5.26 Å². The third-order valence-corrected chi connectivity index (χ3v) is 2.65. The normalized spacial score (nSPS) is 11.2. The first-order chi connectivity index (χ1) is 9.08. The van der Waals surface area contributed by atoms with Gasteiger partial charge in [0.25, 0.3) is 0 Å². The van der Waals surface area contributed by atoms with Crippen molar-refractivity contribution < 1.29 is 14.7 Å². The van der Waals surface area contributed by atoms with Gasteiger partial charge in [0.05, 0.1) is 17.2 Å². The molecule has 2 amide bonds. The first-order valence-electron chi connectivity index (χ1n) is 5.85. The second-order valence-electron chi connectivity index (χ2n) is 3.94. The minimum absolute atomic E-state index is 0.0480. The molecule has 0 saturated heterocycles. The molecule has 3 N–H and O–H groups in total. The summed E-state index contributed by atoms with van der Waals surface area (Å²) in [5.41, 5.74) is 0.744. The van der Waals surface area contributed by atoms with Crippen molar-refractivity contribution in [3.8, 4) is 6.07 Å². The van der Waals surface area contributed by atoms with E-state index in [0.29, 0.717) is 17.7 Å². The fourth-order valence-corrected chi connectivity index (χ4v) is 1.48. The zero-order valence-corrected chi connectivity index (χ0v) is 10.5. The number of amides is 2. The van der Waals surface area contributed by atoms with Crippen molar-refractivity contribution in [3.05, 3.63) is 29.8 Å². The summed E-state index contributed by atoms with van der Waals surface area (Å²) in [7, 11) is 0. The van der Waals surface area contributed by atoms with E-state index in [2.05, 4.69) is 10.6 Å². The molecule has 0 bridgehead atoms. The van der Waals surface area contributed by atoms with E-state index in [1.165, 1.54) is 0 Å². The number of urea groups is 1. The summed E-state index contributed by atoms with van der Waals surface area (Å²) in [4.78, 5) is 22.4. The number of carbonyl (C=O) groups excluding carboxylic acids is 1. The predicted octanol–water partition coefficient (Wildman–Crippen LogP) is 1.79. The van der Waals surface area contributed by atoms with Crippen LogP contribution in [0.3, 0.4) is 0 Å². The molecule has 1 rings (SSSR count). The number of benzene rings is 1. The molecule has 0 aliphatic carbocycles. The van der Waals surface area contributed by atoms with Crippen molar-refractivity contribution in [2.75, 3.05) is 11.9 Å². The highest BCUT2D eigenvalue weighted by molar-refractivity contribution is 5.90. The third kappa shape index (κ3) is 4.32. The van der Waals surface area contributed by atoms with Gasteiger partial charge in [0.1, 0.15) is 6.07 Å². The van der Waals surface area contributed by atoms with Crippen LogP contribution in [0.15, 0.2) is 24.3 Å². The van der Waals surface area contributed by atoms with Crippen LogP contribution in [0.2, 0.25) is 0 Å². The molecule has 100 valence electrons. The summed E-state index contributed by atoms with van der Waals surface area (Å²) in [5, 5.41) is 22.7. The van der Waals surface area contributed by atoms with Crippen molar-refractivity contribution in [2.24, 2.45) is 5.92 Å². The molecule has 1 aromatic carbocycles. The maximum absolute atomic E-state index is 11.6. The highest BCUT2D eigenvalue weighted by atomic mass is 16.4. The Balaban J connectivity index is 2.57. The molecule has 1 unspecified atom stereocenters. The van der Waals surface area contributed by atoms with Crippen LogP contribution in [0.1, 0.15) is 18.9 Å². The lowest BCUT2D eigenvalue weighted by Crippen LogP contribution is -2.35. The molecule has 19 heavy (non-hydrogen) atoms. The van der Waals surface area contributed by atoms with Gasteiger partial charge in [-0.05, 0) is 18.6 Å². The molecule has 6 heteroatoms. The summed E-state index contributed by atoms with van der Waals surface area (Å²) < 4.78 is 0. The number of hydrogen-bond acceptors (Lipinski definition) is 3. The summed E-state index contributed by atoms with van der Waals surface area (Å²) in [5.74, 6) is -1.56. The first kappa shape index (κ1) is 14.5. The Morgan fingerprint density at radius 2 is 2.11 bits per heavy atom. The van der Waals surface area contributed by atoms with E-state index < -0.39 is 17.9 Å². The Kier molecular flexibility index (Phi) is 5.35. The number of para-hydroxylation sites is 1. The van der Waals surface area contributed by atoms with Gasteiger partial charge < -0.3 is 15.7 Å². The smallest absolute Gasteiger partial charge is 0.319 e. The number of aliphatic carboxylic acids is 1. The Morgan fingerprint density at radius 3 is 2.68 bits per heavy atom. The number of anilines is 1. The molecule has 0 radical (unpaired) electrons. The Morgan fingerprint density at radius 1 is 1.42 bits per heavy atom. The van der Waals surface area contributed by atoms with E-state index in [0.717, 1.165) is 0 Å². The number of carboxylic acids is 1. The van der Waals surface area contributed by atoms with Gasteiger partial charge in [-0.25, -0.2) is 4.79 Å². The monoisotopic (exact) mass is 261 g/mol. The van der Waals surface area contributed by atoms with Crippen LogP contribution in [-0.2, 0) is 4.79 Å². The highest BCUT2D eigenvalue weighted by Gasteiger charge is 2.16. The minimum atomic E-state index is -0.944. The van der Waals surface area contributed by atoms with Gasteiger partial charge in [-0.3, -0.25) is 4.79 Å². The van der Waals surface area contributed by atoms with E-state index in [1.54, 1.807) is 31.2 Å². The summed E-state index contributed by atoms with van der Waals surface area (Å²) in [6, 6.07) is 8.01. The Bertz CT molecular complexity index is 508. The molecule has 0 aromatic heterocycles. The van der Waals surface area contributed by atoms with Crippen molar-refractivity contribution >= 4 is 17.7 Å². The molecular formula is C13H15N3O3. The number of rotatable bonds is 5. The van der Waals surface area contributed by atoms with Gasteiger partial charge in [-0.15, -0.1) is 0 Å². The van der Waals surface area contributed by atoms with Crippen molar-refractivity contribution in [1.29, 1.82) is 5.26 Å². The second kappa shape index (κ2) is 7.01. The molecule has 1 aromatic rings. The molecular weight excluding hydrogens is 246 g/mol. The topological polar surface area (TPSA) is 102 Å². The van der Waals surface area contributed by atoms with Gasteiger partial charge in [-0.1, -0.05) is 19.1 Å². The number of carboxylic acid groups (broad SMARTS) is 1. The van der Waals surface area contributed by atoms with Crippen LogP contribution in [0.25, 0.3) is 0 Å². The number of nitrogens with one attached hydrogen (secondary N) is 2. The van der Waals surface area contributed by atoms with Crippen molar-refractivity contribution in [2.45, 2.75) is 13.3 Å². The molecule has 0 heterocycles. The molecule has 0 spiro atoms. The minimum Gasteiger partial charge on any atom is -0.481 e. The van der Waals surface area contributed by atoms with Gasteiger partial charge in [0.15, 0.2) is 0 Å². The fourth-order valence-electron chi connectivity index (χ4n) is 1.48. The van der Waals surface area contributed by atoms with E-state index in [9.17, 15) is 9.59 Å². The zero-order valence-electron chi connectivity index (χ0n) is 10.5. The standard InChI is InChI=1S/C13H15N3O3/c1-2-9(12(17)18)8-15-13(19)16-11-6-4-3-5-10(11)7-14/h3-6,9H,2,8H2,1H3,(H,17,18)(H2,15,16,19). The van der Waals surface area contributed by atoms with Gasteiger partial charge >= 0.3 is 12.0 Å². The highest BCUT2D eigenvalue weighted by Crippen LogP contribution is 2.13. The average molecular weight is 261 g/mol. The third-order valence-electron chi connectivity index (χ3n) is 2.65. The van der Waals surface area contributed by atoms with Crippen LogP contribution >= 0.6 is 0 Å². The lowest BCUT2D eigenvalue weighted by Gasteiger charge is -2.12. The summed E-state index contributed by atoms with van der Waals surface area (Å²) in [6.45, 7) is 1.79. The maximum Gasteiger partial charge on any atom is 0.319 e. The first-order valence-corrected chi connectivity index (χ1v) is 5.85. The molecule has 0 saturated carbocycles. The van der Waals surface area contributed by atoms with Crippen molar-refractivity contribution in [1.82, 2.24) is 5.32 Å². The van der Waals surface area contributed by atoms with Gasteiger partial charge in [0, 0.05) is 6.54 Å². The van der Waals surface area contributed by atoms with Gasteiger partial charge in [0.2, 0.25) is 0 Å². The molecule has 1 atom stereocenters. The largest absolute Gasteiger partial charge is 0.481 e. The number of nitrogens with zero attached hydrogens (tertiary/aromatic N) is 1. The predicted molar refractivity (Wildman–Crippen MR) is 69.6 cm³/mol. The second-order valence-corrected chi connectivity index (χ2v) is 3.94. The number of carbonyl (C=O) groups is 2. The fraction of sp³-hybridized carbons (Fsp3) is 0.308. The van der Waals surface area contributed by atoms with Crippen LogP contribution < -0.4 is 10.6 Å². The van der Waals surface area contributed by atoms with Crippen LogP contribution in [0, 0.1) is 17.2 Å². The Labute approximate surface area is 111 Å². The van der Waals surface area contributed by atoms with E-state index in [1.807, 2.05) is 6.07 Å². The molecule has 6 nitrogen and oxygen atoms in total. The van der Waals surface area contributed by atoms with Crippen LogP contribution in [0.4, 0.5) is 10.5 Å². The quantitative estimate of drug-likeness (QED) is 0.751. The lowest BCUT2D eigenvalue weighted by molar-refractivity contribution is -0.141. The van der Waals surface area contributed by atoms with Crippen molar-refractivity contribution in [3.63, 3.8) is 0 Å². The van der Waals surface area contributed by atoms with E-state index >= 15 is 0 Å². The average Bonchev–Trinajstić information content (AvgIpc) is 2.39.